The van der Waals surface area contributed by atoms with Gasteiger partial charge in [0, 0.05) is 25.5 Å². The van der Waals surface area contributed by atoms with E-state index in [9.17, 15) is 9.59 Å². The number of nitrogens with zero attached hydrogens (tertiary/aromatic N) is 3. The van der Waals surface area contributed by atoms with Crippen molar-refractivity contribution in [1.29, 1.82) is 0 Å². The number of carbonyl (C=O) groups is 1. The molecule has 7 nitrogen and oxygen atoms in total. The van der Waals surface area contributed by atoms with Gasteiger partial charge in [0.1, 0.15) is 17.5 Å². The number of imidazole rings is 1. The molecule has 0 aliphatic carbocycles. The Bertz CT molecular complexity index is 837. The molecule has 2 aromatic rings. The average molecular weight is 344 g/mol. The Kier molecular flexibility index (Phi) is 4.76. The minimum Gasteiger partial charge on any atom is -0.367 e. The molecule has 0 saturated carbocycles. The van der Waals surface area contributed by atoms with Crippen molar-refractivity contribution in [3.05, 3.63) is 51.5 Å². The van der Waals surface area contributed by atoms with Gasteiger partial charge in [-0.05, 0) is 25.0 Å². The Balaban J connectivity index is 1.80. The molecule has 1 atom stereocenters. The first-order valence-electron chi connectivity index (χ1n) is 8.50. The Labute approximate surface area is 146 Å². The van der Waals surface area contributed by atoms with Crippen LogP contribution < -0.4 is 5.56 Å². The third kappa shape index (κ3) is 3.51. The van der Waals surface area contributed by atoms with Gasteiger partial charge in [-0.15, -0.1) is 0 Å². The third-order valence-corrected chi connectivity index (χ3v) is 4.46. The van der Waals surface area contributed by atoms with Gasteiger partial charge < -0.3 is 19.2 Å². The normalized spacial score (nSPS) is 18.0. The Morgan fingerprint density at radius 1 is 1.40 bits per heavy atom. The molecule has 0 radical (unpaired) electrons. The number of hydrogen-bond donors (Lipinski definition) is 1. The fourth-order valence-corrected chi connectivity index (χ4v) is 3.09. The SMILES string of the molecule is Cc1cn(C)c([C@@H]2CN(C(=O)c3ccc(C(C)C)[nH]c3=O)CCO2)n1. The van der Waals surface area contributed by atoms with E-state index in [-0.39, 0.29) is 29.1 Å². The fourth-order valence-electron chi connectivity index (χ4n) is 3.09. The number of morpholine rings is 1. The molecular formula is C18H24N4O3. The third-order valence-electron chi connectivity index (χ3n) is 4.46. The summed E-state index contributed by atoms with van der Waals surface area (Å²) in [6.07, 6.45) is 1.64. The van der Waals surface area contributed by atoms with Crippen LogP contribution in [0.5, 0.6) is 0 Å². The lowest BCUT2D eigenvalue weighted by atomic mass is 10.1. The van der Waals surface area contributed by atoms with Crippen LogP contribution in [0.4, 0.5) is 0 Å². The zero-order valence-corrected chi connectivity index (χ0v) is 15.1. The highest BCUT2D eigenvalue weighted by atomic mass is 16.5. The van der Waals surface area contributed by atoms with Crippen LogP contribution >= 0.6 is 0 Å². The monoisotopic (exact) mass is 344 g/mol. The number of pyridine rings is 1. The molecule has 0 aromatic carbocycles. The van der Waals surface area contributed by atoms with Gasteiger partial charge in [0.15, 0.2) is 0 Å². The first-order chi connectivity index (χ1) is 11.9. The molecule has 3 rings (SSSR count). The maximum absolute atomic E-state index is 12.8. The highest BCUT2D eigenvalue weighted by Crippen LogP contribution is 2.22. The number of H-pyrrole nitrogens is 1. The van der Waals surface area contributed by atoms with Crippen molar-refractivity contribution >= 4 is 5.91 Å². The molecule has 1 fully saturated rings. The van der Waals surface area contributed by atoms with Crippen molar-refractivity contribution in [3.63, 3.8) is 0 Å². The highest BCUT2D eigenvalue weighted by molar-refractivity contribution is 5.93. The van der Waals surface area contributed by atoms with Gasteiger partial charge in [0.2, 0.25) is 0 Å². The van der Waals surface area contributed by atoms with Gasteiger partial charge in [-0.25, -0.2) is 4.98 Å². The Morgan fingerprint density at radius 2 is 2.16 bits per heavy atom. The second-order valence-electron chi connectivity index (χ2n) is 6.77. The molecule has 2 aromatic heterocycles. The minimum absolute atomic E-state index is 0.168. The van der Waals surface area contributed by atoms with E-state index in [4.69, 9.17) is 4.74 Å². The summed E-state index contributed by atoms with van der Waals surface area (Å²) in [5.41, 5.74) is 1.56. The van der Waals surface area contributed by atoms with Gasteiger partial charge in [0.25, 0.3) is 11.5 Å². The number of carbonyl (C=O) groups excluding carboxylic acids is 1. The molecular weight excluding hydrogens is 320 g/mol. The molecule has 0 spiro atoms. The van der Waals surface area contributed by atoms with E-state index in [1.165, 1.54) is 0 Å². The topological polar surface area (TPSA) is 80.2 Å². The van der Waals surface area contributed by atoms with E-state index in [0.717, 1.165) is 17.2 Å². The van der Waals surface area contributed by atoms with Crippen LogP contribution in [0.25, 0.3) is 0 Å². The summed E-state index contributed by atoms with van der Waals surface area (Å²) in [6, 6.07) is 3.42. The van der Waals surface area contributed by atoms with Crippen LogP contribution in [0.3, 0.4) is 0 Å². The first-order valence-corrected chi connectivity index (χ1v) is 8.50. The predicted molar refractivity (Wildman–Crippen MR) is 93.7 cm³/mol. The largest absolute Gasteiger partial charge is 0.367 e. The smallest absolute Gasteiger partial charge is 0.261 e. The van der Waals surface area contributed by atoms with Crippen molar-refractivity contribution in [2.75, 3.05) is 19.7 Å². The summed E-state index contributed by atoms with van der Waals surface area (Å²) >= 11 is 0. The van der Waals surface area contributed by atoms with Gasteiger partial charge in [-0.3, -0.25) is 9.59 Å². The standard InChI is InChI=1S/C18H24N4O3/c1-11(2)14-6-5-13(17(23)20-14)18(24)22-7-8-25-15(10-22)16-19-12(3)9-21(16)4/h5-6,9,11,15H,7-8,10H2,1-4H3,(H,20,23)/t15-/m0/s1. The number of ether oxygens (including phenoxy) is 1. The maximum atomic E-state index is 12.8. The summed E-state index contributed by atoms with van der Waals surface area (Å²) in [6.45, 7) is 7.18. The molecule has 1 amide bonds. The molecule has 1 saturated heterocycles. The zero-order valence-electron chi connectivity index (χ0n) is 15.1. The second kappa shape index (κ2) is 6.84. The number of aryl methyl sites for hydroxylation is 2. The summed E-state index contributed by atoms with van der Waals surface area (Å²) in [5, 5.41) is 0. The number of aromatic amines is 1. The molecule has 0 unspecified atom stereocenters. The quantitative estimate of drug-likeness (QED) is 0.920. The number of hydrogen-bond acceptors (Lipinski definition) is 4. The highest BCUT2D eigenvalue weighted by Gasteiger charge is 2.29. The molecule has 0 bridgehead atoms. The van der Waals surface area contributed by atoms with Crippen LogP contribution in [0, 0.1) is 6.92 Å². The van der Waals surface area contributed by atoms with Gasteiger partial charge in [0.05, 0.1) is 18.8 Å². The molecule has 1 aliphatic heterocycles. The fraction of sp³-hybridized carbons (Fsp3) is 0.500. The second-order valence-corrected chi connectivity index (χ2v) is 6.77. The van der Waals surface area contributed by atoms with Crippen molar-refractivity contribution in [3.8, 4) is 0 Å². The molecule has 7 heteroatoms. The van der Waals surface area contributed by atoms with E-state index in [1.54, 1.807) is 17.0 Å². The van der Waals surface area contributed by atoms with Gasteiger partial charge in [-0.2, -0.15) is 0 Å². The molecule has 1 N–H and O–H groups in total. The van der Waals surface area contributed by atoms with E-state index < -0.39 is 0 Å². The van der Waals surface area contributed by atoms with Crippen LogP contribution in [-0.4, -0.2) is 45.0 Å². The van der Waals surface area contributed by atoms with Crippen molar-refractivity contribution in [2.24, 2.45) is 7.05 Å². The zero-order chi connectivity index (χ0) is 18.1. The number of amides is 1. The number of rotatable bonds is 3. The molecule has 134 valence electrons. The van der Waals surface area contributed by atoms with Crippen LogP contribution in [0.1, 0.15) is 53.4 Å². The summed E-state index contributed by atoms with van der Waals surface area (Å²) in [5.74, 6) is 0.728. The average Bonchev–Trinajstić information content (AvgIpc) is 2.92. The van der Waals surface area contributed by atoms with Crippen LogP contribution in [-0.2, 0) is 11.8 Å². The Morgan fingerprint density at radius 3 is 2.76 bits per heavy atom. The molecule has 1 aliphatic rings. The van der Waals surface area contributed by atoms with Gasteiger partial charge in [-0.1, -0.05) is 13.8 Å². The lowest BCUT2D eigenvalue weighted by molar-refractivity contribution is -0.0280. The minimum atomic E-state index is -0.341. The van der Waals surface area contributed by atoms with Crippen molar-refractivity contribution < 1.29 is 9.53 Å². The maximum Gasteiger partial charge on any atom is 0.261 e. The van der Waals surface area contributed by atoms with Crippen molar-refractivity contribution in [1.82, 2.24) is 19.4 Å². The lowest BCUT2D eigenvalue weighted by Crippen LogP contribution is -2.44. The number of aromatic nitrogens is 3. The van der Waals surface area contributed by atoms with Crippen LogP contribution in [0.2, 0.25) is 0 Å². The van der Waals surface area contributed by atoms with Crippen LogP contribution in [0.15, 0.2) is 23.1 Å². The predicted octanol–water partition coefficient (Wildman–Crippen LogP) is 1.75. The summed E-state index contributed by atoms with van der Waals surface area (Å²) < 4.78 is 7.71. The first kappa shape index (κ1) is 17.4. The van der Waals surface area contributed by atoms with E-state index in [2.05, 4.69) is 9.97 Å². The summed E-state index contributed by atoms with van der Waals surface area (Å²) in [4.78, 5) is 34.0. The van der Waals surface area contributed by atoms with Crippen molar-refractivity contribution in [2.45, 2.75) is 32.8 Å². The Hall–Kier alpha value is -2.41. The van der Waals surface area contributed by atoms with E-state index in [0.29, 0.717) is 19.7 Å². The molecule has 25 heavy (non-hydrogen) atoms. The van der Waals surface area contributed by atoms with Gasteiger partial charge >= 0.3 is 0 Å². The lowest BCUT2D eigenvalue weighted by Gasteiger charge is -2.32. The van der Waals surface area contributed by atoms with E-state index in [1.807, 2.05) is 38.6 Å². The van der Waals surface area contributed by atoms with E-state index >= 15 is 0 Å². The number of nitrogens with one attached hydrogen (secondary N) is 1. The molecule has 3 heterocycles. The summed E-state index contributed by atoms with van der Waals surface area (Å²) in [7, 11) is 1.91.